The lowest BCUT2D eigenvalue weighted by Crippen LogP contribution is -2.40. The van der Waals surface area contributed by atoms with Crippen LogP contribution in [0.2, 0.25) is 0 Å². The third-order valence-electron chi connectivity index (χ3n) is 4.95. The van der Waals surface area contributed by atoms with Crippen molar-refractivity contribution in [3.63, 3.8) is 0 Å². The molecule has 1 atom stereocenters. The Morgan fingerprint density at radius 2 is 2.04 bits per heavy atom. The average Bonchev–Trinajstić information content (AvgIpc) is 3.02. The van der Waals surface area contributed by atoms with Crippen LogP contribution < -0.4 is 5.32 Å². The van der Waals surface area contributed by atoms with Gasteiger partial charge in [-0.1, -0.05) is 6.07 Å². The van der Waals surface area contributed by atoms with Crippen LogP contribution in [0.15, 0.2) is 29.2 Å². The first kappa shape index (κ1) is 21.2. The van der Waals surface area contributed by atoms with Crippen LogP contribution in [0.3, 0.4) is 0 Å². The first-order valence-corrected chi connectivity index (χ1v) is 12.3. The van der Waals surface area contributed by atoms with E-state index < -0.39 is 19.9 Å². The van der Waals surface area contributed by atoms with E-state index in [0.717, 1.165) is 0 Å². The summed E-state index contributed by atoms with van der Waals surface area (Å²) in [7, 11) is -4.95. The van der Waals surface area contributed by atoms with Gasteiger partial charge in [-0.2, -0.15) is 4.31 Å². The van der Waals surface area contributed by atoms with Gasteiger partial charge in [0.2, 0.25) is 15.9 Å². The summed E-state index contributed by atoms with van der Waals surface area (Å²) in [5.41, 5.74) is 0.381. The van der Waals surface area contributed by atoms with Gasteiger partial charge in [0.25, 0.3) is 0 Å². The largest absolute Gasteiger partial charge is 0.379 e. The average molecular weight is 432 g/mol. The van der Waals surface area contributed by atoms with E-state index in [1.54, 1.807) is 24.1 Å². The van der Waals surface area contributed by atoms with E-state index >= 15 is 0 Å². The van der Waals surface area contributed by atoms with Gasteiger partial charge in [-0.15, -0.1) is 0 Å². The fraction of sp³-hybridized carbons (Fsp3) is 0.588. The molecule has 2 fully saturated rings. The molecule has 156 valence electrons. The number of benzene rings is 1. The Morgan fingerprint density at radius 1 is 1.32 bits per heavy atom. The summed E-state index contributed by atoms with van der Waals surface area (Å²) < 4.78 is 55.2. The number of morpholine rings is 1. The second-order valence-corrected chi connectivity index (χ2v) is 11.2. The molecule has 1 aromatic carbocycles. The van der Waals surface area contributed by atoms with E-state index in [2.05, 4.69) is 5.32 Å². The zero-order valence-electron chi connectivity index (χ0n) is 15.7. The fourth-order valence-electron chi connectivity index (χ4n) is 3.35. The number of nitrogens with one attached hydrogen (secondary N) is 1. The Kier molecular flexibility index (Phi) is 6.40. The summed E-state index contributed by atoms with van der Waals surface area (Å²) in [5.74, 6) is -0.123. The number of amides is 1. The smallest absolute Gasteiger partial charge is 0.243 e. The summed E-state index contributed by atoms with van der Waals surface area (Å²) in [6.45, 7) is 1.35. The highest BCUT2D eigenvalue weighted by Gasteiger charge is 2.31. The van der Waals surface area contributed by atoms with Gasteiger partial charge in [0, 0.05) is 24.8 Å². The Hall–Kier alpha value is -1.53. The fourth-order valence-corrected chi connectivity index (χ4v) is 6.61. The highest BCUT2D eigenvalue weighted by Crippen LogP contribution is 2.21. The van der Waals surface area contributed by atoms with Crippen molar-refractivity contribution in [3.8, 4) is 0 Å². The summed E-state index contributed by atoms with van der Waals surface area (Å²) in [5, 5.41) is 2.69. The van der Waals surface area contributed by atoms with Crippen molar-refractivity contribution < 1.29 is 26.4 Å². The van der Waals surface area contributed by atoms with Crippen molar-refractivity contribution >= 4 is 31.5 Å². The van der Waals surface area contributed by atoms with Gasteiger partial charge < -0.3 is 10.1 Å². The molecule has 0 bridgehead atoms. The Labute approximate surface area is 165 Å². The number of sulfone groups is 1. The number of anilines is 1. The topological polar surface area (TPSA) is 113 Å². The van der Waals surface area contributed by atoms with Crippen molar-refractivity contribution in [2.75, 3.05) is 56.7 Å². The molecule has 0 spiro atoms. The van der Waals surface area contributed by atoms with E-state index in [1.165, 1.54) is 16.4 Å². The molecule has 1 unspecified atom stereocenters. The molecule has 28 heavy (non-hydrogen) atoms. The highest BCUT2D eigenvalue weighted by atomic mass is 32.2. The van der Waals surface area contributed by atoms with Crippen LogP contribution in [0.5, 0.6) is 0 Å². The van der Waals surface area contributed by atoms with Gasteiger partial charge in [-0.3, -0.25) is 9.69 Å². The maximum Gasteiger partial charge on any atom is 0.243 e. The third-order valence-corrected chi connectivity index (χ3v) is 8.60. The van der Waals surface area contributed by atoms with Crippen molar-refractivity contribution in [1.82, 2.24) is 9.21 Å². The van der Waals surface area contributed by atoms with Crippen molar-refractivity contribution in [2.45, 2.75) is 17.4 Å². The monoisotopic (exact) mass is 431 g/mol. The molecule has 1 aromatic rings. The molecule has 0 aliphatic carbocycles. The van der Waals surface area contributed by atoms with Crippen LogP contribution in [0.1, 0.15) is 6.42 Å². The molecule has 2 saturated heterocycles. The van der Waals surface area contributed by atoms with Gasteiger partial charge in [-0.25, -0.2) is 16.8 Å². The minimum Gasteiger partial charge on any atom is -0.379 e. The maximum absolute atomic E-state index is 12.7. The molecule has 3 rings (SSSR count). The minimum atomic E-state index is -3.64. The van der Waals surface area contributed by atoms with Gasteiger partial charge in [0.1, 0.15) is 0 Å². The van der Waals surface area contributed by atoms with Gasteiger partial charge in [-0.05, 0) is 31.7 Å². The summed E-state index contributed by atoms with van der Waals surface area (Å²) in [6.07, 6.45) is 0.513. The van der Waals surface area contributed by atoms with Gasteiger partial charge in [0.05, 0.1) is 36.2 Å². The van der Waals surface area contributed by atoms with Crippen molar-refractivity contribution in [2.24, 2.45) is 0 Å². The minimum absolute atomic E-state index is 0.0284. The molecule has 0 saturated carbocycles. The number of carbonyl (C=O) groups is 1. The predicted octanol–water partition coefficient (Wildman–Crippen LogP) is -0.235. The molecular formula is C17H25N3O6S2. The zero-order chi connectivity index (χ0) is 20.4. The number of ether oxygens (including phenoxy) is 1. The number of carbonyl (C=O) groups excluding carboxylic acids is 1. The van der Waals surface area contributed by atoms with E-state index in [9.17, 15) is 21.6 Å². The summed E-state index contributed by atoms with van der Waals surface area (Å²) in [6, 6.07) is 5.95. The molecule has 1 N–H and O–H groups in total. The third kappa shape index (κ3) is 5.09. The Morgan fingerprint density at radius 3 is 2.68 bits per heavy atom. The second-order valence-electron chi connectivity index (χ2n) is 7.06. The molecule has 2 aliphatic heterocycles. The second kappa shape index (κ2) is 8.46. The molecule has 1 amide bonds. The van der Waals surface area contributed by atoms with Gasteiger partial charge in [0.15, 0.2) is 9.84 Å². The number of rotatable bonds is 6. The molecule has 0 radical (unpaired) electrons. The first-order valence-electron chi connectivity index (χ1n) is 9.06. The number of hydrogen-bond acceptors (Lipinski definition) is 7. The van der Waals surface area contributed by atoms with Crippen molar-refractivity contribution in [3.05, 3.63) is 24.3 Å². The number of sulfonamides is 1. The number of likely N-dealkylation sites (N-methyl/N-ethyl adjacent to an activating group) is 1. The summed E-state index contributed by atoms with van der Waals surface area (Å²) in [4.78, 5) is 14.2. The Bertz CT molecular complexity index is 926. The Balaban J connectivity index is 1.63. The lowest BCUT2D eigenvalue weighted by molar-refractivity contribution is -0.117. The standard InChI is InChI=1S/C17H25N3O6S2/c1-19(15-5-10-27(22,23)13-15)12-17(21)18-14-3-2-4-16(11-14)28(24,25)20-6-8-26-9-7-20/h2-4,11,15H,5-10,12-13H2,1H3,(H,18,21). The highest BCUT2D eigenvalue weighted by molar-refractivity contribution is 7.91. The lowest BCUT2D eigenvalue weighted by atomic mass is 10.2. The molecule has 9 nitrogen and oxygen atoms in total. The molecule has 0 aromatic heterocycles. The molecule has 2 heterocycles. The quantitative estimate of drug-likeness (QED) is 0.662. The number of hydrogen-bond donors (Lipinski definition) is 1. The van der Waals surface area contributed by atoms with Crippen LogP contribution in [0.25, 0.3) is 0 Å². The normalized spacial score (nSPS) is 23.0. The first-order chi connectivity index (χ1) is 13.2. The van der Waals surface area contributed by atoms with Crippen LogP contribution in [0.4, 0.5) is 5.69 Å². The van der Waals surface area contributed by atoms with E-state index in [1.807, 2.05) is 0 Å². The van der Waals surface area contributed by atoms with Crippen molar-refractivity contribution in [1.29, 1.82) is 0 Å². The zero-order valence-corrected chi connectivity index (χ0v) is 17.3. The number of nitrogens with zero attached hydrogens (tertiary/aromatic N) is 2. The van der Waals surface area contributed by atoms with Crippen LogP contribution in [-0.4, -0.2) is 89.4 Å². The maximum atomic E-state index is 12.7. The van der Waals surface area contributed by atoms with Crippen LogP contribution >= 0.6 is 0 Å². The van der Waals surface area contributed by atoms with Crippen LogP contribution in [0, 0.1) is 0 Å². The molecular weight excluding hydrogens is 406 g/mol. The lowest BCUT2D eigenvalue weighted by Gasteiger charge is -2.26. The predicted molar refractivity (Wildman–Crippen MR) is 104 cm³/mol. The summed E-state index contributed by atoms with van der Waals surface area (Å²) >= 11 is 0. The van der Waals surface area contributed by atoms with E-state index in [4.69, 9.17) is 4.74 Å². The molecule has 2 aliphatic rings. The van der Waals surface area contributed by atoms with E-state index in [0.29, 0.717) is 38.4 Å². The van der Waals surface area contributed by atoms with E-state index in [-0.39, 0.29) is 34.9 Å². The SMILES string of the molecule is CN(CC(=O)Nc1cccc(S(=O)(=O)N2CCOCC2)c1)C1CCS(=O)(=O)C1. The molecule has 11 heteroatoms. The van der Waals surface area contributed by atoms with Gasteiger partial charge >= 0.3 is 0 Å². The van der Waals surface area contributed by atoms with Crippen LogP contribution in [-0.2, 0) is 29.4 Å².